The fraction of sp³-hybridized carbons (Fsp3) is 0.400. The molecule has 2 rings (SSSR count). The van der Waals surface area contributed by atoms with Crippen molar-refractivity contribution in [2.24, 2.45) is 11.7 Å². The quantitative estimate of drug-likeness (QED) is 0.787. The highest BCUT2D eigenvalue weighted by atomic mass is 35.5. The molecule has 0 aliphatic heterocycles. The van der Waals surface area contributed by atoms with Crippen molar-refractivity contribution in [1.29, 1.82) is 0 Å². The third-order valence-electron chi connectivity index (χ3n) is 2.55. The average molecular weight is 251 g/mol. The third kappa shape index (κ3) is 1.87. The van der Waals surface area contributed by atoms with Crippen molar-refractivity contribution in [2.75, 3.05) is 0 Å². The molecule has 0 amide bonds. The van der Waals surface area contributed by atoms with Crippen molar-refractivity contribution in [3.05, 3.63) is 32.8 Å². The van der Waals surface area contributed by atoms with Gasteiger partial charge in [-0.25, -0.2) is 0 Å². The third-order valence-corrected chi connectivity index (χ3v) is 3.86. The molecule has 76 valence electrons. The van der Waals surface area contributed by atoms with E-state index in [1.165, 1.54) is 12.8 Å². The lowest BCUT2D eigenvalue weighted by Crippen LogP contribution is -2.12. The van der Waals surface area contributed by atoms with Crippen molar-refractivity contribution < 1.29 is 0 Å². The van der Waals surface area contributed by atoms with E-state index in [1.54, 1.807) is 6.07 Å². The van der Waals surface area contributed by atoms with Crippen LogP contribution in [0.2, 0.25) is 15.1 Å². The van der Waals surface area contributed by atoms with E-state index in [-0.39, 0.29) is 6.04 Å². The Morgan fingerprint density at radius 1 is 1.14 bits per heavy atom. The van der Waals surface area contributed by atoms with E-state index in [0.29, 0.717) is 21.0 Å². The Balaban J connectivity index is 2.38. The highest BCUT2D eigenvalue weighted by Gasteiger charge is 2.31. The Kier molecular flexibility index (Phi) is 2.94. The molecule has 0 aromatic heterocycles. The SMILES string of the molecule is N[C@H](c1ccc(Cl)c(Cl)c1Cl)C1CC1. The van der Waals surface area contributed by atoms with Crippen LogP contribution in [0.25, 0.3) is 0 Å². The van der Waals surface area contributed by atoms with Gasteiger partial charge in [0.2, 0.25) is 0 Å². The van der Waals surface area contributed by atoms with Gasteiger partial charge in [-0.15, -0.1) is 0 Å². The van der Waals surface area contributed by atoms with Crippen molar-refractivity contribution >= 4 is 34.8 Å². The lowest BCUT2D eigenvalue weighted by Gasteiger charge is -2.13. The molecule has 1 aliphatic rings. The molecule has 0 radical (unpaired) electrons. The molecule has 0 unspecified atom stereocenters. The van der Waals surface area contributed by atoms with Crippen LogP contribution in [0.15, 0.2) is 12.1 Å². The smallest absolute Gasteiger partial charge is 0.0781 e. The Morgan fingerprint density at radius 2 is 1.79 bits per heavy atom. The van der Waals surface area contributed by atoms with Crippen molar-refractivity contribution in [3.63, 3.8) is 0 Å². The molecule has 1 atom stereocenters. The fourth-order valence-electron chi connectivity index (χ4n) is 1.51. The molecule has 4 heteroatoms. The minimum absolute atomic E-state index is 0.00253. The number of hydrogen-bond donors (Lipinski definition) is 1. The van der Waals surface area contributed by atoms with E-state index >= 15 is 0 Å². The molecule has 1 fully saturated rings. The molecule has 1 nitrogen and oxygen atoms in total. The van der Waals surface area contributed by atoms with Gasteiger partial charge in [0.25, 0.3) is 0 Å². The standard InChI is InChI=1S/C10H10Cl3N/c11-7-4-3-6(8(12)9(7)13)10(14)5-1-2-5/h3-5,10H,1-2,14H2/t10-/m0/s1. The number of benzene rings is 1. The number of halogens is 3. The first-order chi connectivity index (χ1) is 6.61. The number of hydrogen-bond acceptors (Lipinski definition) is 1. The van der Waals surface area contributed by atoms with Crippen LogP contribution < -0.4 is 5.73 Å². The van der Waals surface area contributed by atoms with Crippen molar-refractivity contribution in [3.8, 4) is 0 Å². The van der Waals surface area contributed by atoms with Gasteiger partial charge < -0.3 is 5.73 Å². The molecular formula is C10H10Cl3N. The molecule has 0 heterocycles. The topological polar surface area (TPSA) is 26.0 Å². The molecular weight excluding hydrogens is 240 g/mol. The molecule has 1 aliphatic carbocycles. The molecule has 14 heavy (non-hydrogen) atoms. The summed E-state index contributed by atoms with van der Waals surface area (Å²) in [7, 11) is 0. The summed E-state index contributed by atoms with van der Waals surface area (Å²) >= 11 is 17.8. The predicted molar refractivity (Wildman–Crippen MR) is 61.1 cm³/mol. The number of nitrogens with two attached hydrogens (primary N) is 1. The van der Waals surface area contributed by atoms with Gasteiger partial charge in [-0.05, 0) is 30.4 Å². The van der Waals surface area contributed by atoms with Gasteiger partial charge in [-0.3, -0.25) is 0 Å². The van der Waals surface area contributed by atoms with Gasteiger partial charge >= 0.3 is 0 Å². The summed E-state index contributed by atoms with van der Waals surface area (Å²) < 4.78 is 0. The van der Waals surface area contributed by atoms with Gasteiger partial charge in [0.05, 0.1) is 15.1 Å². The molecule has 0 saturated heterocycles. The highest BCUT2D eigenvalue weighted by molar-refractivity contribution is 6.48. The molecule has 0 spiro atoms. The summed E-state index contributed by atoms with van der Waals surface area (Å²) in [5, 5.41) is 1.38. The Labute approximate surface area is 98.1 Å². The highest BCUT2D eigenvalue weighted by Crippen LogP contribution is 2.43. The summed E-state index contributed by atoms with van der Waals surface area (Å²) in [6.45, 7) is 0. The van der Waals surface area contributed by atoms with Gasteiger partial charge in [-0.2, -0.15) is 0 Å². The maximum Gasteiger partial charge on any atom is 0.0781 e. The second kappa shape index (κ2) is 3.90. The summed E-state index contributed by atoms with van der Waals surface area (Å²) in [4.78, 5) is 0. The van der Waals surface area contributed by atoms with E-state index < -0.39 is 0 Å². The Bertz CT molecular complexity index is 361. The van der Waals surface area contributed by atoms with Crippen LogP contribution in [0, 0.1) is 5.92 Å². The van der Waals surface area contributed by atoms with Gasteiger partial charge in [0.15, 0.2) is 0 Å². The zero-order valence-electron chi connectivity index (χ0n) is 7.43. The maximum absolute atomic E-state index is 6.07. The fourth-order valence-corrected chi connectivity index (χ4v) is 2.18. The van der Waals surface area contributed by atoms with E-state index in [1.807, 2.05) is 6.07 Å². The summed E-state index contributed by atoms with van der Waals surface area (Å²) in [6, 6.07) is 3.60. The maximum atomic E-state index is 6.07. The first kappa shape index (κ1) is 10.6. The normalized spacial score (nSPS) is 18.3. The summed E-state index contributed by atoms with van der Waals surface area (Å²) in [5.74, 6) is 0.560. The van der Waals surface area contributed by atoms with E-state index in [2.05, 4.69) is 0 Å². The van der Waals surface area contributed by atoms with Crippen molar-refractivity contribution in [1.82, 2.24) is 0 Å². The Morgan fingerprint density at radius 3 is 2.36 bits per heavy atom. The molecule has 1 aromatic carbocycles. The van der Waals surface area contributed by atoms with Gasteiger partial charge in [0.1, 0.15) is 0 Å². The molecule has 1 saturated carbocycles. The van der Waals surface area contributed by atoms with Crippen LogP contribution in [0.1, 0.15) is 24.4 Å². The van der Waals surface area contributed by atoms with Crippen LogP contribution in [0.5, 0.6) is 0 Å². The lowest BCUT2D eigenvalue weighted by molar-refractivity contribution is 0.634. The van der Waals surface area contributed by atoms with E-state index in [4.69, 9.17) is 40.5 Å². The van der Waals surface area contributed by atoms with Crippen molar-refractivity contribution in [2.45, 2.75) is 18.9 Å². The summed E-state index contributed by atoms with van der Waals surface area (Å²) in [6.07, 6.45) is 2.36. The molecule has 1 aromatic rings. The van der Waals surface area contributed by atoms with Gasteiger partial charge in [0, 0.05) is 6.04 Å². The van der Waals surface area contributed by atoms with Crippen LogP contribution in [-0.2, 0) is 0 Å². The van der Waals surface area contributed by atoms with Crippen LogP contribution in [0.4, 0.5) is 0 Å². The van der Waals surface area contributed by atoms with Crippen LogP contribution in [0.3, 0.4) is 0 Å². The van der Waals surface area contributed by atoms with Gasteiger partial charge in [-0.1, -0.05) is 40.9 Å². The monoisotopic (exact) mass is 249 g/mol. The zero-order chi connectivity index (χ0) is 10.3. The average Bonchev–Trinajstić information content (AvgIpc) is 2.97. The molecule has 0 bridgehead atoms. The van der Waals surface area contributed by atoms with Crippen LogP contribution >= 0.6 is 34.8 Å². The second-order valence-electron chi connectivity index (χ2n) is 3.63. The predicted octanol–water partition coefficient (Wildman–Crippen LogP) is 4.06. The number of rotatable bonds is 2. The van der Waals surface area contributed by atoms with Crippen LogP contribution in [-0.4, -0.2) is 0 Å². The minimum Gasteiger partial charge on any atom is -0.324 e. The first-order valence-corrected chi connectivity index (χ1v) is 5.63. The van der Waals surface area contributed by atoms with E-state index in [9.17, 15) is 0 Å². The largest absolute Gasteiger partial charge is 0.324 e. The second-order valence-corrected chi connectivity index (χ2v) is 4.79. The molecule has 2 N–H and O–H groups in total. The summed E-state index contributed by atoms with van der Waals surface area (Å²) in [5.41, 5.74) is 6.94. The Hall–Kier alpha value is 0.0500. The lowest BCUT2D eigenvalue weighted by atomic mass is 10.0. The first-order valence-electron chi connectivity index (χ1n) is 4.50. The van der Waals surface area contributed by atoms with E-state index in [0.717, 1.165) is 5.56 Å². The zero-order valence-corrected chi connectivity index (χ0v) is 9.70. The minimum atomic E-state index is -0.00253.